The van der Waals surface area contributed by atoms with E-state index in [9.17, 15) is 4.79 Å². The van der Waals surface area contributed by atoms with E-state index in [0.717, 1.165) is 6.42 Å². The van der Waals surface area contributed by atoms with Gasteiger partial charge in [0, 0.05) is 6.42 Å². The van der Waals surface area contributed by atoms with Crippen LogP contribution in [0.15, 0.2) is 35.3 Å². The third-order valence-corrected chi connectivity index (χ3v) is 4.39. The van der Waals surface area contributed by atoms with E-state index < -0.39 is 16.6 Å². The number of benzene rings is 1. The fourth-order valence-corrected chi connectivity index (χ4v) is 3.56. The molecular formula is C17H29NO3Si2. The molecule has 0 fully saturated rings. The number of carbonyl (C=O) groups excluding carboxylic acids is 1. The van der Waals surface area contributed by atoms with Crippen LogP contribution in [0.2, 0.25) is 39.3 Å². The number of hydrogen-bond acceptors (Lipinski definition) is 4. The van der Waals surface area contributed by atoms with Crippen LogP contribution in [0.1, 0.15) is 12.0 Å². The second-order valence-electron chi connectivity index (χ2n) is 7.50. The lowest BCUT2D eigenvalue weighted by Gasteiger charge is -2.21. The fourth-order valence-electron chi connectivity index (χ4n) is 1.94. The molecule has 0 amide bonds. The zero-order valence-electron chi connectivity index (χ0n) is 15.2. The predicted molar refractivity (Wildman–Crippen MR) is 101 cm³/mol. The molecule has 4 nitrogen and oxygen atoms in total. The molecule has 0 atom stereocenters. The summed E-state index contributed by atoms with van der Waals surface area (Å²) >= 11 is 0. The summed E-state index contributed by atoms with van der Waals surface area (Å²) in [5.74, 6) is 0.404. The van der Waals surface area contributed by atoms with Gasteiger partial charge in [0.2, 0.25) is 16.6 Å². The van der Waals surface area contributed by atoms with Gasteiger partial charge in [0.1, 0.15) is 6.54 Å². The van der Waals surface area contributed by atoms with Crippen LogP contribution in [0, 0.1) is 0 Å². The Hall–Kier alpha value is -1.41. The van der Waals surface area contributed by atoms with E-state index in [4.69, 9.17) is 8.85 Å². The van der Waals surface area contributed by atoms with Gasteiger partial charge in [0.15, 0.2) is 5.90 Å². The first-order valence-electron chi connectivity index (χ1n) is 8.03. The van der Waals surface area contributed by atoms with Gasteiger partial charge in [-0.15, -0.1) is 0 Å². The molecule has 0 aliphatic carbocycles. The maximum Gasteiger partial charge on any atom is 0.314 e. The van der Waals surface area contributed by atoms with Crippen molar-refractivity contribution in [1.82, 2.24) is 0 Å². The first-order chi connectivity index (χ1) is 10.6. The molecule has 128 valence electrons. The number of aryl methyl sites for hydroxylation is 1. The minimum absolute atomic E-state index is 0.0405. The number of carbonyl (C=O) groups is 1. The van der Waals surface area contributed by atoms with Gasteiger partial charge in [-0.2, -0.15) is 0 Å². The van der Waals surface area contributed by atoms with Crippen LogP contribution >= 0.6 is 0 Å². The second kappa shape index (κ2) is 8.45. The Kier molecular flexibility index (Phi) is 7.21. The minimum Gasteiger partial charge on any atom is -0.535 e. The molecule has 1 aromatic rings. The molecule has 0 aliphatic rings. The van der Waals surface area contributed by atoms with Crippen LogP contribution in [0.3, 0.4) is 0 Å². The lowest BCUT2D eigenvalue weighted by atomic mass is 10.1. The summed E-state index contributed by atoms with van der Waals surface area (Å²) in [6, 6.07) is 10.2. The average molecular weight is 352 g/mol. The molecular weight excluding hydrogens is 322 g/mol. The Morgan fingerprint density at radius 1 is 0.957 bits per heavy atom. The molecule has 0 aliphatic heterocycles. The smallest absolute Gasteiger partial charge is 0.314 e. The van der Waals surface area contributed by atoms with Gasteiger partial charge in [-0.1, -0.05) is 30.3 Å². The van der Waals surface area contributed by atoms with Crippen LogP contribution in [-0.4, -0.2) is 35.0 Å². The van der Waals surface area contributed by atoms with Crippen LogP contribution in [0.4, 0.5) is 0 Å². The Labute approximate surface area is 142 Å². The van der Waals surface area contributed by atoms with Gasteiger partial charge >= 0.3 is 5.97 Å². The molecule has 0 bridgehead atoms. The summed E-state index contributed by atoms with van der Waals surface area (Å²) in [6.45, 7) is 12.4. The van der Waals surface area contributed by atoms with Gasteiger partial charge in [-0.05, 0) is 51.3 Å². The van der Waals surface area contributed by atoms with E-state index in [-0.39, 0.29) is 12.5 Å². The van der Waals surface area contributed by atoms with Gasteiger partial charge in [0.05, 0.1) is 0 Å². The zero-order valence-corrected chi connectivity index (χ0v) is 17.2. The Bertz CT molecular complexity index is 531. The van der Waals surface area contributed by atoms with Crippen LogP contribution < -0.4 is 0 Å². The lowest BCUT2D eigenvalue weighted by molar-refractivity contribution is -0.133. The van der Waals surface area contributed by atoms with E-state index in [2.05, 4.69) is 36.8 Å². The molecule has 1 aromatic carbocycles. The molecule has 0 saturated carbocycles. The maximum absolute atomic E-state index is 11.9. The number of rotatable bonds is 7. The predicted octanol–water partition coefficient (Wildman–Crippen LogP) is 4.25. The first kappa shape index (κ1) is 19.6. The topological polar surface area (TPSA) is 47.9 Å². The maximum atomic E-state index is 11.9. The minimum atomic E-state index is -1.86. The molecule has 0 radical (unpaired) electrons. The molecule has 1 rings (SSSR count). The molecule has 0 N–H and O–H groups in total. The standard InChI is InChI=1S/C17H29NO3Si2/c1-22(2,3)20-16(13-12-15-10-8-7-9-11-15)18-14-17(19)21-23(4,5)6/h7-11H,12-14H2,1-6H3. The van der Waals surface area contributed by atoms with Crippen molar-refractivity contribution in [2.75, 3.05) is 6.54 Å². The zero-order chi connectivity index (χ0) is 17.5. The van der Waals surface area contributed by atoms with Crippen molar-refractivity contribution in [3.8, 4) is 0 Å². The highest BCUT2D eigenvalue weighted by Crippen LogP contribution is 2.10. The van der Waals surface area contributed by atoms with E-state index in [1.165, 1.54) is 5.56 Å². The van der Waals surface area contributed by atoms with E-state index in [0.29, 0.717) is 12.3 Å². The van der Waals surface area contributed by atoms with Crippen molar-refractivity contribution >= 4 is 28.5 Å². The molecule has 0 aromatic heterocycles. The molecule has 0 saturated heterocycles. The van der Waals surface area contributed by atoms with E-state index >= 15 is 0 Å². The van der Waals surface area contributed by atoms with E-state index in [1.54, 1.807) is 0 Å². The van der Waals surface area contributed by atoms with Gasteiger partial charge in [-0.3, -0.25) is 4.79 Å². The van der Waals surface area contributed by atoms with Crippen molar-refractivity contribution in [2.45, 2.75) is 52.1 Å². The SMILES string of the molecule is C[Si](C)(C)OC(=O)CN=C(CCc1ccccc1)O[Si](C)(C)C. The van der Waals surface area contributed by atoms with Crippen molar-refractivity contribution in [3.05, 3.63) is 35.9 Å². The monoisotopic (exact) mass is 351 g/mol. The summed E-state index contributed by atoms with van der Waals surface area (Å²) in [4.78, 5) is 16.2. The third kappa shape index (κ3) is 10.1. The number of nitrogens with zero attached hydrogens (tertiary/aromatic N) is 1. The quantitative estimate of drug-likeness (QED) is 0.419. The Balaban J connectivity index is 2.68. The summed E-state index contributed by atoms with van der Waals surface area (Å²) in [5, 5.41) is 0. The first-order valence-corrected chi connectivity index (χ1v) is 14.8. The number of hydrogen-bond donors (Lipinski definition) is 0. The van der Waals surface area contributed by atoms with Crippen LogP contribution in [0.5, 0.6) is 0 Å². The molecule has 6 heteroatoms. The average Bonchev–Trinajstić information content (AvgIpc) is 2.40. The Morgan fingerprint density at radius 2 is 1.52 bits per heavy atom. The van der Waals surface area contributed by atoms with E-state index in [1.807, 2.05) is 37.8 Å². The van der Waals surface area contributed by atoms with Crippen LogP contribution in [0.25, 0.3) is 0 Å². The van der Waals surface area contributed by atoms with Crippen molar-refractivity contribution < 1.29 is 13.6 Å². The highest BCUT2D eigenvalue weighted by molar-refractivity contribution is 6.71. The third-order valence-electron chi connectivity index (χ3n) is 2.70. The molecule has 0 spiro atoms. The van der Waals surface area contributed by atoms with Gasteiger partial charge in [-0.25, -0.2) is 4.99 Å². The van der Waals surface area contributed by atoms with Crippen molar-refractivity contribution in [1.29, 1.82) is 0 Å². The summed E-state index contributed by atoms with van der Waals surface area (Å²) in [6.07, 6.45) is 1.56. The highest BCUT2D eigenvalue weighted by Gasteiger charge is 2.21. The van der Waals surface area contributed by atoms with Gasteiger partial charge in [0.25, 0.3) is 0 Å². The molecule has 0 unspecified atom stereocenters. The highest BCUT2D eigenvalue weighted by atomic mass is 28.4. The van der Waals surface area contributed by atoms with Gasteiger partial charge < -0.3 is 8.85 Å². The summed E-state index contributed by atoms with van der Waals surface area (Å²) in [5.41, 5.74) is 1.24. The summed E-state index contributed by atoms with van der Waals surface area (Å²) in [7, 11) is -3.61. The van der Waals surface area contributed by atoms with Crippen molar-refractivity contribution in [2.24, 2.45) is 4.99 Å². The van der Waals surface area contributed by atoms with Crippen molar-refractivity contribution in [3.63, 3.8) is 0 Å². The normalized spacial score (nSPS) is 12.9. The molecule has 0 heterocycles. The molecule has 23 heavy (non-hydrogen) atoms. The number of aliphatic imine (C=N–C) groups is 1. The second-order valence-corrected chi connectivity index (χ2v) is 16.4. The fraction of sp³-hybridized carbons (Fsp3) is 0.529. The van der Waals surface area contributed by atoms with Crippen LogP contribution in [-0.2, 0) is 20.1 Å². The lowest BCUT2D eigenvalue weighted by Crippen LogP contribution is -2.32. The Morgan fingerprint density at radius 3 is 2.04 bits per heavy atom. The largest absolute Gasteiger partial charge is 0.535 e. The summed E-state index contributed by atoms with van der Waals surface area (Å²) < 4.78 is 11.5.